The average Bonchev–Trinajstić information content (AvgIpc) is 2.86. The van der Waals surface area contributed by atoms with E-state index in [9.17, 15) is 19.8 Å². The summed E-state index contributed by atoms with van der Waals surface area (Å²) in [7, 11) is 0. The molecule has 0 amide bonds. The molecule has 0 saturated carbocycles. The van der Waals surface area contributed by atoms with E-state index in [0.29, 0.717) is 12.8 Å². The molecule has 4 nitrogen and oxygen atoms in total. The Labute approximate surface area is 240 Å². The number of hydrogen-bond donors (Lipinski definition) is 0. The van der Waals surface area contributed by atoms with Crippen LogP contribution >= 0.6 is 0 Å². The van der Waals surface area contributed by atoms with E-state index in [1.54, 1.807) is 26.6 Å². The van der Waals surface area contributed by atoms with Crippen LogP contribution in [0.4, 0.5) is 0 Å². The number of unbranched alkanes of at least 4 members (excludes halogenated alkanes) is 7. The Morgan fingerprint density at radius 3 is 0.750 bits per heavy atom. The summed E-state index contributed by atoms with van der Waals surface area (Å²) in [6.45, 7) is 14.0. The molecule has 214 valence electrons. The van der Waals surface area contributed by atoms with Gasteiger partial charge in [-0.2, -0.15) is 0 Å². The smallest absolute Gasteiger partial charge is 0.0414 e. The minimum atomic E-state index is -1.14. The average molecular weight is 724 g/mol. The zero-order valence-electron chi connectivity index (χ0n) is 25.2. The fraction of sp³-hybridized carbons (Fsp3) is 0.933. The molecule has 0 aromatic rings. The van der Waals surface area contributed by atoms with Crippen molar-refractivity contribution in [1.29, 1.82) is 0 Å². The van der Waals surface area contributed by atoms with Crippen LogP contribution in [0.15, 0.2) is 0 Å². The molecule has 6 heteroatoms. The summed E-state index contributed by atoms with van der Waals surface area (Å²) in [5.41, 5.74) is 0. The fourth-order valence-corrected chi connectivity index (χ4v) is 22.7. The van der Waals surface area contributed by atoms with Crippen molar-refractivity contribution in [2.24, 2.45) is 0 Å². The Hall–Kier alpha value is 0.537. The van der Waals surface area contributed by atoms with Crippen molar-refractivity contribution in [1.82, 2.24) is 0 Å². The molecule has 0 heterocycles. The van der Waals surface area contributed by atoms with Gasteiger partial charge < -0.3 is 19.8 Å². The molecule has 0 aliphatic heterocycles. The predicted octanol–water partition coefficient (Wildman–Crippen LogP) is 7.81. The van der Waals surface area contributed by atoms with Gasteiger partial charge in [0.2, 0.25) is 0 Å². The van der Waals surface area contributed by atoms with E-state index in [1.165, 1.54) is 77.0 Å². The van der Waals surface area contributed by atoms with Gasteiger partial charge in [0, 0.05) is 11.9 Å². The van der Waals surface area contributed by atoms with Gasteiger partial charge in [-0.05, 0) is 25.7 Å². The summed E-state index contributed by atoms with van der Waals surface area (Å²) in [6, 6.07) is 0. The minimum absolute atomic E-state index is 0.0761. The summed E-state index contributed by atoms with van der Waals surface area (Å²) >= 11 is -1.68. The molecule has 0 radical (unpaired) electrons. The summed E-state index contributed by atoms with van der Waals surface area (Å²) < 4.78 is 10.1. The fourth-order valence-electron chi connectivity index (χ4n) is 3.85. The normalized spacial score (nSPS) is 10.1. The van der Waals surface area contributed by atoms with E-state index in [2.05, 4.69) is 41.5 Å². The molecule has 0 aliphatic carbocycles. The largest absolute Gasteiger partial charge is 0.550 e. The van der Waals surface area contributed by atoms with Crippen LogP contribution in [0.5, 0.6) is 0 Å². The van der Waals surface area contributed by atoms with Crippen LogP contribution in [0.3, 0.4) is 0 Å². The second kappa shape index (κ2) is 35.5. The molecule has 0 spiro atoms. The Morgan fingerprint density at radius 2 is 0.611 bits per heavy atom. The second-order valence-corrected chi connectivity index (χ2v) is 27.2. The SMILES string of the molecule is CCC[CH2][Sn+]([CH2]CCC)[CH2]CCC.CCC[CH2][Sn+]([CH2]CCC)[CH2]CCC.O=C([O-])CCCCC(=O)[O-]. The van der Waals surface area contributed by atoms with Crippen LogP contribution in [0.2, 0.25) is 26.6 Å². The van der Waals surface area contributed by atoms with Crippen LogP contribution in [0.25, 0.3) is 0 Å². The molecule has 0 aliphatic rings. The van der Waals surface area contributed by atoms with Crippen LogP contribution in [0.1, 0.15) is 144 Å². The van der Waals surface area contributed by atoms with Gasteiger partial charge in [-0.15, -0.1) is 0 Å². The third kappa shape index (κ3) is 39.1. The van der Waals surface area contributed by atoms with Gasteiger partial charge in [0.15, 0.2) is 0 Å². The molecule has 0 N–H and O–H groups in total. The van der Waals surface area contributed by atoms with E-state index in [-0.39, 0.29) is 12.8 Å². The van der Waals surface area contributed by atoms with Crippen molar-refractivity contribution >= 4 is 51.5 Å². The quantitative estimate of drug-likeness (QED) is 0.0796. The predicted molar refractivity (Wildman–Crippen MR) is 158 cm³/mol. The Morgan fingerprint density at radius 1 is 0.417 bits per heavy atom. The van der Waals surface area contributed by atoms with Crippen molar-refractivity contribution in [2.75, 3.05) is 0 Å². The van der Waals surface area contributed by atoms with Gasteiger partial charge in [-0.25, -0.2) is 0 Å². The molecule has 0 bridgehead atoms. The van der Waals surface area contributed by atoms with Crippen LogP contribution in [-0.2, 0) is 9.59 Å². The first-order chi connectivity index (χ1) is 17.3. The van der Waals surface area contributed by atoms with Crippen molar-refractivity contribution < 1.29 is 19.8 Å². The molecule has 0 unspecified atom stereocenters. The first kappa shape index (κ1) is 41.0. The Bertz CT molecular complexity index is 369. The summed E-state index contributed by atoms with van der Waals surface area (Å²) in [5, 5.41) is 19.5. The van der Waals surface area contributed by atoms with Gasteiger partial charge in [0.05, 0.1) is 0 Å². The topological polar surface area (TPSA) is 80.3 Å². The van der Waals surface area contributed by atoms with Gasteiger partial charge in [0.1, 0.15) is 0 Å². The van der Waals surface area contributed by atoms with Crippen LogP contribution in [-0.4, -0.2) is 51.5 Å². The zero-order valence-corrected chi connectivity index (χ0v) is 30.9. The van der Waals surface area contributed by atoms with Gasteiger partial charge in [-0.1, -0.05) is 0 Å². The summed E-state index contributed by atoms with van der Waals surface area (Å²) in [5.74, 6) is -2.28. The first-order valence-electron chi connectivity index (χ1n) is 15.4. The number of aliphatic carboxylic acids is 2. The standard InChI is InChI=1S/C6H10O4.6C4H9.2Sn/c7-5(8)3-1-2-4-6(9)10;6*1-3-4-2;;/h1-4H2,(H,7,8)(H,9,10);6*1,3-4H2,2H3;;/q;;;;;;;2*+1/p-2. The molecular weight excluding hydrogens is 662 g/mol. The second-order valence-electron chi connectivity index (χ2n) is 10.1. The number of rotatable bonds is 23. The van der Waals surface area contributed by atoms with Crippen LogP contribution in [0, 0.1) is 0 Å². The van der Waals surface area contributed by atoms with Gasteiger partial charge >= 0.3 is 185 Å². The third-order valence-corrected chi connectivity index (χ3v) is 24.5. The third-order valence-electron chi connectivity index (χ3n) is 6.32. The Kier molecular flexibility index (Phi) is 40.5. The van der Waals surface area contributed by atoms with Crippen molar-refractivity contribution in [3.63, 3.8) is 0 Å². The van der Waals surface area contributed by atoms with Gasteiger partial charge in [-0.3, -0.25) is 0 Å². The molecule has 0 atom stereocenters. The van der Waals surface area contributed by atoms with E-state index in [1.807, 2.05) is 0 Å². The van der Waals surface area contributed by atoms with E-state index in [4.69, 9.17) is 0 Å². The molecule has 0 aromatic heterocycles. The maximum atomic E-state index is 9.77. The molecular formula is C30H62O4Sn2. The van der Waals surface area contributed by atoms with E-state index < -0.39 is 51.5 Å². The molecule has 0 aromatic carbocycles. The Balaban J connectivity index is -0.000000459. The zero-order chi connectivity index (χ0) is 27.9. The maximum Gasteiger partial charge on any atom is 0.0414 e. The van der Waals surface area contributed by atoms with Crippen molar-refractivity contribution in [3.8, 4) is 0 Å². The number of carboxylic acids is 2. The molecule has 0 rings (SSSR count). The minimum Gasteiger partial charge on any atom is -0.550 e. The number of carbonyl (C=O) groups excluding carboxylic acids is 2. The summed E-state index contributed by atoms with van der Waals surface area (Å²) in [4.78, 5) is 19.5. The molecule has 36 heavy (non-hydrogen) atoms. The van der Waals surface area contributed by atoms with Crippen molar-refractivity contribution in [3.05, 3.63) is 0 Å². The number of carbonyl (C=O) groups is 2. The summed E-state index contributed by atoms with van der Waals surface area (Å²) in [6.07, 6.45) is 18.2. The number of carboxylic acid groups (broad SMARTS) is 2. The van der Waals surface area contributed by atoms with E-state index >= 15 is 0 Å². The van der Waals surface area contributed by atoms with Crippen LogP contribution < -0.4 is 10.2 Å². The first-order valence-corrected chi connectivity index (χ1v) is 27.5. The van der Waals surface area contributed by atoms with Gasteiger partial charge in [0.25, 0.3) is 0 Å². The number of hydrogen-bond acceptors (Lipinski definition) is 4. The molecule has 0 fully saturated rings. The maximum absolute atomic E-state index is 9.77. The molecule has 0 saturated heterocycles. The van der Waals surface area contributed by atoms with E-state index in [0.717, 1.165) is 0 Å². The van der Waals surface area contributed by atoms with Crippen molar-refractivity contribution in [2.45, 2.75) is 171 Å². The monoisotopic (exact) mass is 726 g/mol.